The lowest BCUT2D eigenvalue weighted by Crippen LogP contribution is -2.38. The van der Waals surface area contributed by atoms with Crippen molar-refractivity contribution in [3.63, 3.8) is 0 Å². The van der Waals surface area contributed by atoms with Gasteiger partial charge in [-0.25, -0.2) is 13.4 Å². The van der Waals surface area contributed by atoms with Gasteiger partial charge >= 0.3 is 0 Å². The number of para-hydroxylation sites is 1. The van der Waals surface area contributed by atoms with Crippen LogP contribution in [0.4, 0.5) is 5.13 Å². The zero-order chi connectivity index (χ0) is 21.8. The van der Waals surface area contributed by atoms with Gasteiger partial charge in [-0.1, -0.05) is 48.6 Å². The van der Waals surface area contributed by atoms with Gasteiger partial charge in [0.2, 0.25) is 5.91 Å². The van der Waals surface area contributed by atoms with E-state index in [0.29, 0.717) is 18.3 Å². The summed E-state index contributed by atoms with van der Waals surface area (Å²) in [5.74, 6) is -0.477. The highest BCUT2D eigenvalue weighted by atomic mass is 32.2. The minimum absolute atomic E-state index is 0.0488. The Hall–Kier alpha value is -2.29. The first-order valence-electron chi connectivity index (χ1n) is 10.6. The summed E-state index contributed by atoms with van der Waals surface area (Å²) < 4.78 is 32.1. The Balaban J connectivity index is 1.58. The average molecular weight is 459 g/mol. The number of sulfone groups is 1. The molecule has 1 aliphatic heterocycles. The van der Waals surface area contributed by atoms with Gasteiger partial charge in [0.1, 0.15) is 0 Å². The summed E-state index contributed by atoms with van der Waals surface area (Å²) in [6, 6.07) is 14.3. The number of thiazole rings is 1. The number of ether oxygens (including phenoxy) is 1. The van der Waals surface area contributed by atoms with Crippen LogP contribution in [0, 0.1) is 0 Å². The molecule has 8 heteroatoms. The average Bonchev–Trinajstić information content (AvgIpc) is 3.45. The van der Waals surface area contributed by atoms with E-state index in [9.17, 15) is 13.2 Å². The summed E-state index contributed by atoms with van der Waals surface area (Å²) in [6.07, 6.45) is 2.56. The molecule has 4 rings (SSSR count). The minimum Gasteiger partial charge on any atom is -0.376 e. The van der Waals surface area contributed by atoms with Crippen LogP contribution < -0.4 is 4.90 Å². The molecule has 1 aliphatic rings. The molecule has 164 valence electrons. The van der Waals surface area contributed by atoms with Crippen molar-refractivity contribution in [2.24, 2.45) is 0 Å². The Kier molecular flexibility index (Phi) is 6.69. The van der Waals surface area contributed by atoms with Crippen LogP contribution in [0.15, 0.2) is 53.4 Å². The predicted molar refractivity (Wildman–Crippen MR) is 123 cm³/mol. The van der Waals surface area contributed by atoms with Crippen molar-refractivity contribution >= 4 is 42.4 Å². The molecule has 0 saturated carbocycles. The van der Waals surface area contributed by atoms with Crippen molar-refractivity contribution in [3.8, 4) is 0 Å². The Morgan fingerprint density at radius 3 is 2.71 bits per heavy atom. The van der Waals surface area contributed by atoms with Crippen LogP contribution in [-0.4, -0.2) is 44.3 Å². The van der Waals surface area contributed by atoms with E-state index in [-0.39, 0.29) is 29.1 Å². The summed E-state index contributed by atoms with van der Waals surface area (Å²) >= 11 is 1.47. The fraction of sp³-hybridized carbons (Fsp3) is 0.391. The van der Waals surface area contributed by atoms with Crippen LogP contribution in [0.5, 0.6) is 0 Å². The Labute approximate surface area is 186 Å². The number of hydrogen-bond donors (Lipinski definition) is 0. The van der Waals surface area contributed by atoms with E-state index in [4.69, 9.17) is 9.72 Å². The van der Waals surface area contributed by atoms with Crippen molar-refractivity contribution in [2.45, 2.75) is 43.6 Å². The molecule has 0 aliphatic carbocycles. The smallest absolute Gasteiger partial charge is 0.229 e. The Morgan fingerprint density at radius 2 is 2.00 bits per heavy atom. The molecule has 1 atom stereocenters. The standard InChI is InChI=1S/C23H26N2O4S2/c1-2-17-8-6-12-20-22(17)24-23(30-20)25(16-18-9-7-14-29-18)21(26)13-15-31(27,28)19-10-4-3-5-11-19/h3-6,8,10-12,18H,2,7,9,13-16H2,1H3. The maximum Gasteiger partial charge on any atom is 0.229 e. The zero-order valence-electron chi connectivity index (χ0n) is 17.5. The molecule has 0 N–H and O–H groups in total. The number of nitrogens with zero attached hydrogens (tertiary/aromatic N) is 2. The highest BCUT2D eigenvalue weighted by molar-refractivity contribution is 7.91. The molecule has 6 nitrogen and oxygen atoms in total. The van der Waals surface area contributed by atoms with Gasteiger partial charge < -0.3 is 4.74 Å². The van der Waals surface area contributed by atoms with E-state index in [2.05, 4.69) is 6.92 Å². The van der Waals surface area contributed by atoms with Gasteiger partial charge in [-0.05, 0) is 43.0 Å². The molecular weight excluding hydrogens is 432 g/mol. The van der Waals surface area contributed by atoms with Crippen LogP contribution in [0.25, 0.3) is 10.2 Å². The Bertz CT molecular complexity index is 1150. The number of amides is 1. The fourth-order valence-corrected chi connectivity index (χ4v) is 6.07. The first kappa shape index (κ1) is 21.9. The van der Waals surface area contributed by atoms with Crippen molar-refractivity contribution < 1.29 is 17.9 Å². The number of hydrogen-bond acceptors (Lipinski definition) is 6. The van der Waals surface area contributed by atoms with Crippen molar-refractivity contribution in [1.29, 1.82) is 0 Å². The third kappa shape index (κ3) is 4.97. The summed E-state index contributed by atoms with van der Waals surface area (Å²) in [5, 5.41) is 0.605. The zero-order valence-corrected chi connectivity index (χ0v) is 19.1. The normalized spacial score (nSPS) is 16.6. The minimum atomic E-state index is -3.53. The van der Waals surface area contributed by atoms with E-state index in [1.165, 1.54) is 11.3 Å². The van der Waals surface area contributed by atoms with Crippen LogP contribution >= 0.6 is 11.3 Å². The van der Waals surface area contributed by atoms with E-state index in [1.807, 2.05) is 18.2 Å². The molecule has 2 heterocycles. The first-order valence-corrected chi connectivity index (χ1v) is 13.0. The lowest BCUT2D eigenvalue weighted by molar-refractivity contribution is -0.118. The van der Waals surface area contributed by atoms with E-state index in [0.717, 1.165) is 35.0 Å². The number of aromatic nitrogens is 1. The van der Waals surface area contributed by atoms with Crippen LogP contribution in [-0.2, 0) is 25.8 Å². The number of aryl methyl sites for hydroxylation is 1. The van der Waals surface area contributed by atoms with E-state index in [1.54, 1.807) is 35.2 Å². The topological polar surface area (TPSA) is 76.6 Å². The third-order valence-corrected chi connectivity index (χ3v) is 8.28. The number of fused-ring (bicyclic) bond motifs is 1. The van der Waals surface area contributed by atoms with Gasteiger partial charge in [0.25, 0.3) is 0 Å². The molecule has 1 aromatic heterocycles. The molecule has 1 fully saturated rings. The van der Waals surface area contributed by atoms with E-state index < -0.39 is 9.84 Å². The summed E-state index contributed by atoms with van der Waals surface area (Å²) in [7, 11) is -3.53. The van der Waals surface area contributed by atoms with Gasteiger partial charge in [-0.2, -0.15) is 0 Å². The fourth-order valence-electron chi connectivity index (χ4n) is 3.78. The number of carbonyl (C=O) groups is 1. The number of carbonyl (C=O) groups excluding carboxylic acids is 1. The van der Waals surface area contributed by atoms with Gasteiger partial charge in [-0.15, -0.1) is 0 Å². The molecule has 0 spiro atoms. The maximum absolute atomic E-state index is 13.2. The van der Waals surface area contributed by atoms with Gasteiger partial charge in [0.15, 0.2) is 15.0 Å². The van der Waals surface area contributed by atoms with Crippen molar-refractivity contribution in [3.05, 3.63) is 54.1 Å². The summed E-state index contributed by atoms with van der Waals surface area (Å²) in [6.45, 7) is 3.16. The number of benzene rings is 2. The van der Waals surface area contributed by atoms with E-state index >= 15 is 0 Å². The van der Waals surface area contributed by atoms with Gasteiger partial charge in [0.05, 0.1) is 33.5 Å². The van der Waals surface area contributed by atoms with Crippen molar-refractivity contribution in [1.82, 2.24) is 4.98 Å². The molecule has 3 aromatic rings. The van der Waals surface area contributed by atoms with Crippen LogP contribution in [0.1, 0.15) is 31.7 Å². The molecule has 1 unspecified atom stereocenters. The molecule has 31 heavy (non-hydrogen) atoms. The second-order valence-corrected chi connectivity index (χ2v) is 10.8. The second kappa shape index (κ2) is 9.46. The van der Waals surface area contributed by atoms with Crippen molar-refractivity contribution in [2.75, 3.05) is 23.8 Å². The lowest BCUT2D eigenvalue weighted by Gasteiger charge is -2.23. The number of anilines is 1. The van der Waals surface area contributed by atoms with Gasteiger partial charge in [-0.3, -0.25) is 9.69 Å². The highest BCUT2D eigenvalue weighted by Crippen LogP contribution is 2.32. The second-order valence-electron chi connectivity index (χ2n) is 7.64. The Morgan fingerprint density at radius 1 is 1.19 bits per heavy atom. The maximum atomic E-state index is 13.2. The molecular formula is C23H26N2O4S2. The molecule has 1 saturated heterocycles. The van der Waals surface area contributed by atoms with Crippen LogP contribution in [0.3, 0.4) is 0 Å². The van der Waals surface area contributed by atoms with Crippen LogP contribution in [0.2, 0.25) is 0 Å². The molecule has 2 aromatic carbocycles. The molecule has 1 amide bonds. The predicted octanol–water partition coefficient (Wildman–Crippen LogP) is 4.23. The highest BCUT2D eigenvalue weighted by Gasteiger charge is 2.27. The molecule has 0 radical (unpaired) electrons. The third-order valence-electron chi connectivity index (χ3n) is 5.50. The monoisotopic (exact) mass is 458 g/mol. The number of rotatable bonds is 8. The largest absolute Gasteiger partial charge is 0.376 e. The molecule has 0 bridgehead atoms. The SMILES string of the molecule is CCc1cccc2sc(N(CC3CCCO3)C(=O)CCS(=O)(=O)c3ccccc3)nc12. The quantitative estimate of drug-likeness (QED) is 0.505. The summed E-state index contributed by atoms with van der Waals surface area (Å²) in [5.41, 5.74) is 2.04. The lowest BCUT2D eigenvalue weighted by atomic mass is 10.1. The van der Waals surface area contributed by atoms with Gasteiger partial charge in [0, 0.05) is 13.0 Å². The summed E-state index contributed by atoms with van der Waals surface area (Å²) in [4.78, 5) is 19.8. The first-order chi connectivity index (χ1) is 15.0.